The highest BCUT2D eigenvalue weighted by Crippen LogP contribution is 2.20. The Morgan fingerprint density at radius 1 is 1.15 bits per heavy atom. The summed E-state index contributed by atoms with van der Waals surface area (Å²) in [7, 11) is 0. The molecular formula is C21H18INO4. The SMILES string of the molecule is CC(C)COC(=O)c1ccc(/C=C2\N=C(c3ccc(I)cc3)OC2=O)cc1. The lowest BCUT2D eigenvalue weighted by molar-refractivity contribution is -0.129. The van der Waals surface area contributed by atoms with Crippen molar-refractivity contribution < 1.29 is 19.1 Å². The smallest absolute Gasteiger partial charge is 0.363 e. The second-order valence-electron chi connectivity index (χ2n) is 6.46. The predicted molar refractivity (Wildman–Crippen MR) is 111 cm³/mol. The highest BCUT2D eigenvalue weighted by atomic mass is 127. The number of aliphatic imine (C=N–C) groups is 1. The minimum Gasteiger partial charge on any atom is -0.462 e. The molecule has 1 aliphatic rings. The lowest BCUT2D eigenvalue weighted by Crippen LogP contribution is -2.10. The molecule has 5 nitrogen and oxygen atoms in total. The number of hydrogen-bond donors (Lipinski definition) is 0. The van der Waals surface area contributed by atoms with Crippen LogP contribution in [0.5, 0.6) is 0 Å². The molecule has 1 aliphatic heterocycles. The Hall–Kier alpha value is -2.48. The zero-order valence-electron chi connectivity index (χ0n) is 14.9. The van der Waals surface area contributed by atoms with E-state index in [1.54, 1.807) is 30.3 Å². The topological polar surface area (TPSA) is 65.0 Å². The minimum atomic E-state index is -0.496. The molecular weight excluding hydrogens is 457 g/mol. The van der Waals surface area contributed by atoms with E-state index >= 15 is 0 Å². The van der Waals surface area contributed by atoms with Gasteiger partial charge in [-0.05, 0) is 76.5 Å². The quantitative estimate of drug-likeness (QED) is 0.364. The maximum Gasteiger partial charge on any atom is 0.363 e. The highest BCUT2D eigenvalue weighted by molar-refractivity contribution is 14.1. The fraction of sp³-hybridized carbons (Fsp3) is 0.190. The molecule has 0 amide bonds. The molecule has 2 aromatic rings. The second-order valence-corrected chi connectivity index (χ2v) is 7.70. The van der Waals surface area contributed by atoms with Crippen LogP contribution in [0.1, 0.15) is 35.3 Å². The van der Waals surface area contributed by atoms with Gasteiger partial charge in [0.1, 0.15) is 0 Å². The van der Waals surface area contributed by atoms with Gasteiger partial charge in [0.15, 0.2) is 5.70 Å². The number of carbonyl (C=O) groups excluding carboxylic acids is 2. The van der Waals surface area contributed by atoms with Gasteiger partial charge in [-0.25, -0.2) is 14.6 Å². The third-order valence-electron chi connectivity index (χ3n) is 3.71. The van der Waals surface area contributed by atoms with E-state index in [1.807, 2.05) is 38.1 Å². The van der Waals surface area contributed by atoms with Gasteiger partial charge in [0.2, 0.25) is 5.90 Å². The minimum absolute atomic E-state index is 0.221. The molecule has 0 radical (unpaired) electrons. The van der Waals surface area contributed by atoms with E-state index < -0.39 is 5.97 Å². The Labute approximate surface area is 171 Å². The van der Waals surface area contributed by atoms with Crippen molar-refractivity contribution in [2.75, 3.05) is 6.61 Å². The Morgan fingerprint density at radius 3 is 2.44 bits per heavy atom. The fourth-order valence-electron chi connectivity index (χ4n) is 2.32. The van der Waals surface area contributed by atoms with Gasteiger partial charge >= 0.3 is 11.9 Å². The lowest BCUT2D eigenvalue weighted by atomic mass is 10.1. The Bertz CT molecular complexity index is 912. The van der Waals surface area contributed by atoms with E-state index in [9.17, 15) is 9.59 Å². The zero-order valence-corrected chi connectivity index (χ0v) is 17.1. The fourth-order valence-corrected chi connectivity index (χ4v) is 2.68. The van der Waals surface area contributed by atoms with Gasteiger partial charge in [-0.2, -0.15) is 0 Å². The number of ether oxygens (including phenoxy) is 2. The maximum atomic E-state index is 12.1. The van der Waals surface area contributed by atoms with E-state index in [1.165, 1.54) is 0 Å². The van der Waals surface area contributed by atoms with E-state index in [-0.39, 0.29) is 23.5 Å². The Balaban J connectivity index is 1.75. The molecule has 0 aliphatic carbocycles. The summed E-state index contributed by atoms with van der Waals surface area (Å²) in [5.74, 6) is -0.283. The van der Waals surface area contributed by atoms with Gasteiger partial charge in [0, 0.05) is 9.13 Å². The van der Waals surface area contributed by atoms with Gasteiger partial charge < -0.3 is 9.47 Å². The molecule has 0 aromatic heterocycles. The van der Waals surface area contributed by atoms with Crippen LogP contribution < -0.4 is 0 Å². The van der Waals surface area contributed by atoms with E-state index in [0.29, 0.717) is 12.2 Å². The summed E-state index contributed by atoms with van der Waals surface area (Å²) in [4.78, 5) is 28.3. The number of nitrogens with zero attached hydrogens (tertiary/aromatic N) is 1. The summed E-state index contributed by atoms with van der Waals surface area (Å²) in [6.45, 7) is 4.34. The summed E-state index contributed by atoms with van der Waals surface area (Å²) in [5.41, 5.74) is 2.18. The van der Waals surface area contributed by atoms with Crippen LogP contribution in [0.4, 0.5) is 0 Å². The number of cyclic esters (lactones) is 1. The maximum absolute atomic E-state index is 12.1. The van der Waals surface area contributed by atoms with Crippen molar-refractivity contribution in [3.05, 3.63) is 74.5 Å². The molecule has 3 rings (SSSR count). The number of carbonyl (C=O) groups is 2. The molecule has 0 atom stereocenters. The first kappa shape index (κ1) is 19.3. The normalized spacial score (nSPS) is 15.0. The molecule has 0 saturated carbocycles. The molecule has 1 heterocycles. The summed E-state index contributed by atoms with van der Waals surface area (Å²) in [6, 6.07) is 14.4. The van der Waals surface area contributed by atoms with E-state index in [4.69, 9.17) is 9.47 Å². The van der Waals surface area contributed by atoms with Gasteiger partial charge in [-0.3, -0.25) is 0 Å². The average Bonchev–Trinajstić information content (AvgIpc) is 3.01. The summed E-state index contributed by atoms with van der Waals surface area (Å²) in [6.07, 6.45) is 1.63. The Morgan fingerprint density at radius 2 is 1.81 bits per heavy atom. The van der Waals surface area contributed by atoms with Gasteiger partial charge in [0.25, 0.3) is 0 Å². The van der Waals surface area contributed by atoms with Crippen LogP contribution in [-0.4, -0.2) is 24.4 Å². The molecule has 6 heteroatoms. The monoisotopic (exact) mass is 475 g/mol. The van der Waals surface area contributed by atoms with Crippen molar-refractivity contribution in [2.24, 2.45) is 10.9 Å². The molecule has 0 bridgehead atoms. The van der Waals surface area contributed by atoms with Gasteiger partial charge in [-0.15, -0.1) is 0 Å². The summed E-state index contributed by atoms with van der Waals surface area (Å²) in [5, 5.41) is 0. The third kappa shape index (κ3) is 5.03. The average molecular weight is 475 g/mol. The first-order chi connectivity index (χ1) is 12.9. The van der Waals surface area contributed by atoms with Crippen LogP contribution in [-0.2, 0) is 14.3 Å². The van der Waals surface area contributed by atoms with Crippen molar-refractivity contribution in [2.45, 2.75) is 13.8 Å². The molecule has 138 valence electrons. The number of esters is 2. The van der Waals surface area contributed by atoms with Crippen molar-refractivity contribution >= 4 is 46.5 Å². The number of halogens is 1. The summed E-state index contributed by atoms with van der Waals surface area (Å²) < 4.78 is 11.5. The zero-order chi connectivity index (χ0) is 19.4. The number of hydrogen-bond acceptors (Lipinski definition) is 5. The van der Waals surface area contributed by atoms with Crippen LogP contribution in [0, 0.1) is 9.49 Å². The number of rotatable bonds is 5. The highest BCUT2D eigenvalue weighted by Gasteiger charge is 2.24. The largest absolute Gasteiger partial charge is 0.462 e. The second kappa shape index (κ2) is 8.47. The van der Waals surface area contributed by atoms with Crippen LogP contribution in [0.25, 0.3) is 6.08 Å². The summed E-state index contributed by atoms with van der Waals surface area (Å²) >= 11 is 2.21. The molecule has 0 N–H and O–H groups in total. The van der Waals surface area contributed by atoms with Crippen LogP contribution in [0.2, 0.25) is 0 Å². The molecule has 0 unspecified atom stereocenters. The first-order valence-electron chi connectivity index (χ1n) is 8.48. The van der Waals surface area contributed by atoms with Crippen molar-refractivity contribution in [1.82, 2.24) is 0 Å². The molecule has 0 saturated heterocycles. The van der Waals surface area contributed by atoms with Crippen molar-refractivity contribution in [3.8, 4) is 0 Å². The van der Waals surface area contributed by atoms with Crippen LogP contribution in [0.3, 0.4) is 0 Å². The molecule has 2 aromatic carbocycles. The first-order valence-corrected chi connectivity index (χ1v) is 9.56. The van der Waals surface area contributed by atoms with Crippen LogP contribution in [0.15, 0.2) is 59.2 Å². The van der Waals surface area contributed by atoms with Gasteiger partial charge in [0.05, 0.1) is 12.2 Å². The standard InChI is InChI=1S/C21H18INO4/c1-13(2)12-26-20(24)16-5-3-14(4-6-16)11-18-21(25)27-19(23-18)15-7-9-17(22)10-8-15/h3-11,13H,12H2,1-2H3/b18-11-. The van der Waals surface area contributed by atoms with E-state index in [0.717, 1.165) is 14.7 Å². The predicted octanol–water partition coefficient (Wildman–Crippen LogP) is 4.45. The Kier molecular flexibility index (Phi) is 6.05. The molecule has 0 spiro atoms. The molecule has 27 heavy (non-hydrogen) atoms. The lowest BCUT2D eigenvalue weighted by Gasteiger charge is -2.07. The van der Waals surface area contributed by atoms with Crippen molar-refractivity contribution in [3.63, 3.8) is 0 Å². The van der Waals surface area contributed by atoms with Crippen LogP contribution >= 0.6 is 22.6 Å². The van der Waals surface area contributed by atoms with Crippen molar-refractivity contribution in [1.29, 1.82) is 0 Å². The van der Waals surface area contributed by atoms with E-state index in [2.05, 4.69) is 27.6 Å². The number of benzene rings is 2. The molecule has 0 fully saturated rings. The van der Waals surface area contributed by atoms with Gasteiger partial charge in [-0.1, -0.05) is 26.0 Å². The third-order valence-corrected chi connectivity index (χ3v) is 4.43.